The zero-order chi connectivity index (χ0) is 17.0. The van der Waals surface area contributed by atoms with Gasteiger partial charge in [0.05, 0.1) is 21.7 Å². The molecule has 1 saturated heterocycles. The van der Waals surface area contributed by atoms with E-state index in [9.17, 15) is 0 Å². The van der Waals surface area contributed by atoms with Gasteiger partial charge in [-0.1, -0.05) is 23.8 Å². The Hall–Kier alpha value is -2.44. The van der Waals surface area contributed by atoms with Crippen molar-refractivity contribution < 1.29 is 0 Å². The third-order valence-corrected chi connectivity index (χ3v) is 5.39. The third kappa shape index (κ3) is 2.18. The van der Waals surface area contributed by atoms with Crippen LogP contribution in [0, 0.1) is 5.92 Å². The summed E-state index contributed by atoms with van der Waals surface area (Å²) in [6.45, 7) is 0.899. The van der Waals surface area contributed by atoms with Crippen LogP contribution in [0.5, 0.6) is 0 Å². The van der Waals surface area contributed by atoms with Crippen LogP contribution in [0.3, 0.4) is 0 Å². The van der Waals surface area contributed by atoms with Crippen molar-refractivity contribution in [2.24, 2.45) is 5.92 Å². The van der Waals surface area contributed by atoms with Gasteiger partial charge in [-0.05, 0) is 31.7 Å². The summed E-state index contributed by atoms with van der Waals surface area (Å²) in [4.78, 5) is 6.84. The first-order chi connectivity index (χ1) is 12.3. The molecular weight excluding hydrogens is 336 g/mol. The van der Waals surface area contributed by atoms with Gasteiger partial charge in [0.15, 0.2) is 5.65 Å². The summed E-state index contributed by atoms with van der Waals surface area (Å²) in [5.74, 6) is 0.479. The molecule has 1 aliphatic carbocycles. The third-order valence-electron chi connectivity index (χ3n) is 5.19. The van der Waals surface area contributed by atoms with Gasteiger partial charge in [-0.25, -0.2) is 0 Å². The highest BCUT2D eigenvalue weighted by atomic mass is 35.5. The van der Waals surface area contributed by atoms with Gasteiger partial charge in [-0.3, -0.25) is 9.38 Å². The summed E-state index contributed by atoms with van der Waals surface area (Å²) >= 11 is 6.13. The lowest BCUT2D eigenvalue weighted by molar-refractivity contribution is 0.481. The van der Waals surface area contributed by atoms with Crippen molar-refractivity contribution in [2.45, 2.75) is 12.5 Å². The van der Waals surface area contributed by atoms with Crippen LogP contribution in [0.2, 0.25) is 5.02 Å². The first-order valence-electron chi connectivity index (χ1n) is 8.36. The largest absolute Gasteiger partial charge is 0.340 e. The van der Waals surface area contributed by atoms with Gasteiger partial charge in [0.1, 0.15) is 6.33 Å². The fourth-order valence-corrected chi connectivity index (χ4v) is 4.13. The second-order valence-corrected chi connectivity index (χ2v) is 6.92. The lowest BCUT2D eigenvalue weighted by Crippen LogP contribution is -2.33. The van der Waals surface area contributed by atoms with Crippen LogP contribution in [0.25, 0.3) is 16.7 Å². The number of nitrogens with one attached hydrogen (secondary N) is 1. The van der Waals surface area contributed by atoms with E-state index in [0.29, 0.717) is 17.0 Å². The van der Waals surface area contributed by atoms with Gasteiger partial charge in [0, 0.05) is 30.4 Å². The molecule has 3 aromatic heterocycles. The number of hydrogen-bond acceptors (Lipinski definition) is 5. The molecule has 0 saturated carbocycles. The second kappa shape index (κ2) is 5.54. The summed E-state index contributed by atoms with van der Waals surface area (Å²) in [5, 5.41) is 12.5. The fraction of sp³-hybridized carbons (Fsp3) is 0.278. The van der Waals surface area contributed by atoms with E-state index in [1.54, 1.807) is 12.5 Å². The molecule has 6 nitrogen and oxygen atoms in total. The molecule has 126 valence electrons. The van der Waals surface area contributed by atoms with E-state index in [-0.39, 0.29) is 0 Å². The summed E-state index contributed by atoms with van der Waals surface area (Å²) in [7, 11) is 2.03. The molecule has 2 atom stereocenters. The Labute approximate surface area is 149 Å². The Morgan fingerprint density at radius 3 is 3.12 bits per heavy atom. The highest BCUT2D eigenvalue weighted by Crippen LogP contribution is 2.39. The molecule has 0 bridgehead atoms. The molecule has 0 aromatic carbocycles. The highest BCUT2D eigenvalue weighted by Gasteiger charge is 2.37. The molecular formula is C18H17ClN6. The Bertz CT molecular complexity index is 1040. The Morgan fingerprint density at radius 2 is 2.24 bits per heavy atom. The van der Waals surface area contributed by atoms with Crippen molar-refractivity contribution in [3.8, 4) is 0 Å². The van der Waals surface area contributed by atoms with Crippen LogP contribution in [0.15, 0.2) is 48.6 Å². The second-order valence-electron chi connectivity index (χ2n) is 6.48. The number of allylic oxidation sites excluding steroid dienone is 3. The van der Waals surface area contributed by atoms with Crippen molar-refractivity contribution in [2.75, 3.05) is 18.5 Å². The molecule has 1 N–H and O–H groups in total. The van der Waals surface area contributed by atoms with E-state index in [4.69, 9.17) is 11.6 Å². The van der Waals surface area contributed by atoms with Gasteiger partial charge >= 0.3 is 0 Å². The first-order valence-corrected chi connectivity index (χ1v) is 8.73. The van der Waals surface area contributed by atoms with Crippen molar-refractivity contribution >= 4 is 34.0 Å². The number of nitrogens with zero attached hydrogens (tertiary/aromatic N) is 5. The van der Waals surface area contributed by atoms with Gasteiger partial charge in [0.2, 0.25) is 0 Å². The Morgan fingerprint density at radius 1 is 1.32 bits per heavy atom. The number of anilines is 1. The maximum absolute atomic E-state index is 6.13. The number of halogens is 1. The number of rotatable bonds is 2. The number of aromatic nitrogens is 4. The molecule has 7 heteroatoms. The van der Waals surface area contributed by atoms with Crippen LogP contribution in [-0.4, -0.2) is 39.2 Å². The topological polar surface area (TPSA) is 58.4 Å². The molecule has 2 aliphatic rings. The first kappa shape index (κ1) is 14.9. The summed E-state index contributed by atoms with van der Waals surface area (Å²) in [5.41, 5.74) is 4.96. The van der Waals surface area contributed by atoms with Crippen LogP contribution < -0.4 is 10.2 Å². The predicted molar refractivity (Wildman–Crippen MR) is 98.8 cm³/mol. The minimum absolute atomic E-state index is 0.410. The Balaban J connectivity index is 1.74. The number of hydrogen-bond donors (Lipinski definition) is 1. The SMILES string of the molecule is CNC1CN(c2cc3ncc(Cl)cc3n3cnnc23)C2=CC=CCC21. The molecule has 3 aromatic rings. The van der Waals surface area contributed by atoms with Gasteiger partial charge in [-0.15, -0.1) is 10.2 Å². The van der Waals surface area contributed by atoms with Crippen LogP contribution in [0.4, 0.5) is 5.69 Å². The predicted octanol–water partition coefficient (Wildman–Crippen LogP) is 2.80. The molecule has 0 amide bonds. The molecule has 25 heavy (non-hydrogen) atoms. The molecule has 0 radical (unpaired) electrons. The van der Waals surface area contributed by atoms with E-state index in [2.05, 4.69) is 49.7 Å². The van der Waals surface area contributed by atoms with Crippen LogP contribution in [0.1, 0.15) is 6.42 Å². The molecule has 1 aliphatic heterocycles. The van der Waals surface area contributed by atoms with Crippen molar-refractivity contribution in [3.63, 3.8) is 0 Å². The van der Waals surface area contributed by atoms with E-state index in [0.717, 1.165) is 35.3 Å². The zero-order valence-corrected chi connectivity index (χ0v) is 14.5. The van der Waals surface area contributed by atoms with E-state index >= 15 is 0 Å². The minimum atomic E-state index is 0.410. The number of likely N-dealkylation sites (N-methyl/N-ethyl adjacent to an activating group) is 1. The lowest BCUT2D eigenvalue weighted by atomic mass is 9.93. The maximum atomic E-state index is 6.13. The van der Waals surface area contributed by atoms with Gasteiger partial charge in [-0.2, -0.15) is 0 Å². The molecule has 5 rings (SSSR count). The van der Waals surface area contributed by atoms with E-state index < -0.39 is 0 Å². The average molecular weight is 353 g/mol. The lowest BCUT2D eigenvalue weighted by Gasteiger charge is -2.24. The smallest absolute Gasteiger partial charge is 0.185 e. The van der Waals surface area contributed by atoms with Crippen molar-refractivity contribution in [1.82, 2.24) is 24.9 Å². The molecule has 4 heterocycles. The summed E-state index contributed by atoms with van der Waals surface area (Å²) in [6.07, 6.45) is 11.0. The zero-order valence-electron chi connectivity index (χ0n) is 13.7. The van der Waals surface area contributed by atoms with E-state index in [1.807, 2.05) is 17.5 Å². The quantitative estimate of drug-likeness (QED) is 0.768. The highest BCUT2D eigenvalue weighted by molar-refractivity contribution is 6.31. The fourth-order valence-electron chi connectivity index (χ4n) is 3.98. The van der Waals surface area contributed by atoms with Gasteiger partial charge < -0.3 is 10.2 Å². The average Bonchev–Trinajstić information content (AvgIpc) is 3.26. The van der Waals surface area contributed by atoms with Crippen molar-refractivity contribution in [1.29, 1.82) is 0 Å². The van der Waals surface area contributed by atoms with Crippen molar-refractivity contribution in [3.05, 3.63) is 53.6 Å². The van der Waals surface area contributed by atoms with Gasteiger partial charge in [0.25, 0.3) is 0 Å². The molecule has 1 fully saturated rings. The molecule has 0 spiro atoms. The Kier molecular flexibility index (Phi) is 3.29. The number of fused-ring (bicyclic) bond motifs is 4. The van der Waals surface area contributed by atoms with Crippen LogP contribution in [-0.2, 0) is 0 Å². The monoisotopic (exact) mass is 352 g/mol. The number of pyridine rings is 2. The van der Waals surface area contributed by atoms with E-state index in [1.165, 1.54) is 5.70 Å². The summed E-state index contributed by atoms with van der Waals surface area (Å²) < 4.78 is 1.96. The van der Waals surface area contributed by atoms with Crippen LogP contribution >= 0.6 is 11.6 Å². The summed E-state index contributed by atoms with van der Waals surface area (Å²) in [6, 6.07) is 4.40. The maximum Gasteiger partial charge on any atom is 0.185 e. The standard InChI is InChI=1S/C18H17ClN6/c1-20-14-9-24(15-5-3-2-4-12(14)15)17-7-13-16(6-11(19)8-21-13)25-10-22-23-18(17)25/h2-3,5-8,10,12,14,20H,4,9H2,1H3. The normalized spacial score (nSPS) is 22.6. The molecule has 2 unspecified atom stereocenters. The minimum Gasteiger partial charge on any atom is -0.340 e.